The van der Waals surface area contributed by atoms with Gasteiger partial charge in [0.1, 0.15) is 16.3 Å². The Kier molecular flexibility index (Phi) is 4.71. The first-order valence-corrected chi connectivity index (χ1v) is 7.30. The van der Waals surface area contributed by atoms with Crippen LogP contribution in [0.15, 0.2) is 22.7 Å². The van der Waals surface area contributed by atoms with E-state index in [2.05, 4.69) is 25.9 Å². The van der Waals surface area contributed by atoms with E-state index in [0.717, 1.165) is 28.0 Å². The van der Waals surface area contributed by atoms with Crippen molar-refractivity contribution in [1.29, 1.82) is 0 Å². The number of rotatable bonds is 3. The minimum absolute atomic E-state index is 0.347. The Labute approximate surface area is 129 Å². The summed E-state index contributed by atoms with van der Waals surface area (Å²) in [6, 6.07) is 4.34. The first-order chi connectivity index (χ1) is 9.01. The lowest BCUT2D eigenvalue weighted by Gasteiger charge is -2.08. The van der Waals surface area contributed by atoms with Gasteiger partial charge in [0.2, 0.25) is 0 Å². The Morgan fingerprint density at radius 1 is 1.47 bits per heavy atom. The Morgan fingerprint density at radius 2 is 2.21 bits per heavy atom. The van der Waals surface area contributed by atoms with Crippen molar-refractivity contribution in [1.82, 2.24) is 9.97 Å². The summed E-state index contributed by atoms with van der Waals surface area (Å²) in [5.41, 5.74) is 1.80. The molecule has 0 saturated carbocycles. The Bertz CT molecular complexity index is 672. The van der Waals surface area contributed by atoms with Crippen molar-refractivity contribution in [3.05, 3.63) is 55.2 Å². The smallest absolute Gasteiger partial charge is 0.144 e. The number of benzene rings is 1. The van der Waals surface area contributed by atoms with Gasteiger partial charge in [-0.05, 0) is 40.0 Å². The predicted octanol–water partition coefficient (Wildman–Crippen LogP) is 4.85. The molecule has 1 aromatic carbocycles. The van der Waals surface area contributed by atoms with Crippen LogP contribution >= 0.6 is 39.7 Å². The van der Waals surface area contributed by atoms with Crippen LogP contribution in [0.25, 0.3) is 0 Å². The number of halogens is 3. The number of nitrogens with zero attached hydrogens (tertiary/aromatic N) is 1. The second-order valence-electron chi connectivity index (χ2n) is 4.05. The van der Waals surface area contributed by atoms with E-state index in [9.17, 15) is 4.39 Å². The lowest BCUT2D eigenvalue weighted by atomic mass is 10.1. The molecule has 0 fully saturated rings. The summed E-state index contributed by atoms with van der Waals surface area (Å²) in [5, 5.41) is 0.391. The van der Waals surface area contributed by atoms with Crippen LogP contribution in [0.2, 0.25) is 5.02 Å². The van der Waals surface area contributed by atoms with E-state index < -0.39 is 0 Å². The molecule has 2 nitrogen and oxygen atoms in total. The third-order valence-corrected chi connectivity index (χ3v) is 4.47. The molecule has 0 aliphatic heterocycles. The highest BCUT2D eigenvalue weighted by Crippen LogP contribution is 2.21. The van der Waals surface area contributed by atoms with Crippen molar-refractivity contribution in [3.8, 4) is 0 Å². The van der Waals surface area contributed by atoms with Crippen LogP contribution in [-0.2, 0) is 12.8 Å². The van der Waals surface area contributed by atoms with E-state index in [-0.39, 0.29) is 5.82 Å². The maximum atomic E-state index is 13.0. The van der Waals surface area contributed by atoms with Gasteiger partial charge in [0.25, 0.3) is 0 Å². The van der Waals surface area contributed by atoms with Crippen LogP contribution in [0, 0.1) is 10.5 Å². The highest BCUT2D eigenvalue weighted by Gasteiger charge is 2.08. The highest BCUT2D eigenvalue weighted by atomic mass is 79.9. The predicted molar refractivity (Wildman–Crippen MR) is 80.7 cm³/mol. The molecule has 1 aromatic heterocycles. The van der Waals surface area contributed by atoms with Gasteiger partial charge < -0.3 is 4.98 Å². The minimum Gasteiger partial charge on any atom is -0.346 e. The zero-order valence-corrected chi connectivity index (χ0v) is 13.3. The van der Waals surface area contributed by atoms with Gasteiger partial charge in [-0.25, -0.2) is 9.37 Å². The van der Waals surface area contributed by atoms with Crippen molar-refractivity contribution < 1.29 is 4.39 Å². The molecule has 0 unspecified atom stereocenters. The van der Waals surface area contributed by atoms with Gasteiger partial charge in [0, 0.05) is 17.1 Å². The van der Waals surface area contributed by atoms with Gasteiger partial charge >= 0.3 is 0 Å². The van der Waals surface area contributed by atoms with E-state index in [1.807, 2.05) is 6.92 Å². The number of hydrogen-bond donors (Lipinski definition) is 1. The monoisotopic (exact) mass is 360 g/mol. The van der Waals surface area contributed by atoms with Gasteiger partial charge in [-0.1, -0.05) is 36.8 Å². The highest BCUT2D eigenvalue weighted by molar-refractivity contribution is 9.10. The maximum absolute atomic E-state index is 13.0. The number of nitrogens with one attached hydrogen (secondary N) is 1. The van der Waals surface area contributed by atoms with E-state index in [1.54, 1.807) is 6.07 Å². The summed E-state index contributed by atoms with van der Waals surface area (Å²) in [6.07, 6.45) is 1.31. The third-order valence-electron chi connectivity index (χ3n) is 2.71. The van der Waals surface area contributed by atoms with Gasteiger partial charge in [-0.2, -0.15) is 0 Å². The van der Waals surface area contributed by atoms with Crippen LogP contribution in [0.4, 0.5) is 4.39 Å². The Hall–Kier alpha value is -0.780. The zero-order chi connectivity index (χ0) is 14.0. The van der Waals surface area contributed by atoms with Crippen LogP contribution in [0.3, 0.4) is 0 Å². The summed E-state index contributed by atoms with van der Waals surface area (Å²) in [5.74, 6) is 0.373. The van der Waals surface area contributed by atoms with Crippen LogP contribution in [0.1, 0.15) is 24.0 Å². The second kappa shape index (κ2) is 6.11. The fraction of sp³-hybridized carbons (Fsp3) is 0.231. The molecule has 0 saturated heterocycles. The Balaban J connectivity index is 2.38. The molecule has 6 heteroatoms. The molecular weight excluding hydrogens is 351 g/mol. The van der Waals surface area contributed by atoms with Crippen LogP contribution in [0.5, 0.6) is 0 Å². The van der Waals surface area contributed by atoms with Gasteiger partial charge in [0.15, 0.2) is 0 Å². The molecule has 1 heterocycles. The molecular formula is C13H11BrClFN2S. The molecule has 0 aliphatic rings. The van der Waals surface area contributed by atoms with Crippen molar-refractivity contribution in [2.45, 2.75) is 19.8 Å². The SMILES string of the molecule is CCc1[nH]c(Cc2ccc(F)cc2Cl)nc(=S)c1Br. The van der Waals surface area contributed by atoms with E-state index >= 15 is 0 Å². The first kappa shape index (κ1) is 14.6. The molecule has 19 heavy (non-hydrogen) atoms. The third kappa shape index (κ3) is 3.41. The topological polar surface area (TPSA) is 28.7 Å². The lowest BCUT2D eigenvalue weighted by molar-refractivity contribution is 0.627. The summed E-state index contributed by atoms with van der Waals surface area (Å²) in [4.78, 5) is 7.52. The van der Waals surface area contributed by atoms with E-state index in [1.165, 1.54) is 12.1 Å². The minimum atomic E-state index is -0.347. The number of aryl methyl sites for hydroxylation is 1. The summed E-state index contributed by atoms with van der Waals surface area (Å²) < 4.78 is 14.3. The summed E-state index contributed by atoms with van der Waals surface area (Å²) in [6.45, 7) is 2.03. The number of hydrogen-bond acceptors (Lipinski definition) is 2. The molecule has 0 aliphatic carbocycles. The molecule has 0 spiro atoms. The first-order valence-electron chi connectivity index (χ1n) is 5.72. The van der Waals surface area contributed by atoms with E-state index in [4.69, 9.17) is 23.8 Å². The van der Waals surface area contributed by atoms with Crippen LogP contribution in [-0.4, -0.2) is 9.97 Å². The largest absolute Gasteiger partial charge is 0.346 e. The normalized spacial score (nSPS) is 10.7. The fourth-order valence-corrected chi connectivity index (χ4v) is 2.67. The van der Waals surface area contributed by atoms with Crippen molar-refractivity contribution in [2.24, 2.45) is 0 Å². The molecule has 1 N–H and O–H groups in total. The quantitative estimate of drug-likeness (QED) is 0.792. The van der Waals surface area contributed by atoms with Crippen molar-refractivity contribution in [2.75, 3.05) is 0 Å². The number of aromatic amines is 1. The average Bonchev–Trinajstić information content (AvgIpc) is 2.37. The molecule has 2 rings (SSSR count). The molecule has 100 valence electrons. The van der Waals surface area contributed by atoms with Gasteiger partial charge in [-0.3, -0.25) is 0 Å². The maximum Gasteiger partial charge on any atom is 0.144 e. The summed E-state index contributed by atoms with van der Waals surface area (Å²) >= 11 is 14.6. The molecule has 0 atom stereocenters. The summed E-state index contributed by atoms with van der Waals surface area (Å²) in [7, 11) is 0. The number of H-pyrrole nitrogens is 1. The Morgan fingerprint density at radius 3 is 2.84 bits per heavy atom. The molecule has 0 radical (unpaired) electrons. The van der Waals surface area contributed by atoms with Crippen LogP contribution < -0.4 is 0 Å². The molecule has 2 aromatic rings. The average molecular weight is 362 g/mol. The van der Waals surface area contributed by atoms with Crippen molar-refractivity contribution >= 4 is 39.7 Å². The van der Waals surface area contributed by atoms with Gasteiger partial charge in [0.05, 0.1) is 4.47 Å². The number of aromatic nitrogens is 2. The van der Waals surface area contributed by atoms with Crippen molar-refractivity contribution in [3.63, 3.8) is 0 Å². The zero-order valence-electron chi connectivity index (χ0n) is 10.1. The lowest BCUT2D eigenvalue weighted by Crippen LogP contribution is -2.02. The van der Waals surface area contributed by atoms with Gasteiger partial charge in [-0.15, -0.1) is 0 Å². The fourth-order valence-electron chi connectivity index (χ4n) is 1.73. The second-order valence-corrected chi connectivity index (χ2v) is 5.63. The molecule has 0 amide bonds. The van der Waals surface area contributed by atoms with E-state index in [0.29, 0.717) is 16.1 Å². The standard InChI is InChI=1S/C13H11BrClFN2S/c1-2-10-12(14)13(19)18-11(17-10)5-7-3-4-8(16)6-9(7)15/h3-4,6H,2,5H2,1H3,(H,17,18,19). The molecule has 0 bridgehead atoms.